The molecule has 3 amide bonds. The van der Waals surface area contributed by atoms with Gasteiger partial charge in [-0.15, -0.1) is 0 Å². The summed E-state index contributed by atoms with van der Waals surface area (Å²) in [5.41, 5.74) is 11.0. The second-order valence-corrected chi connectivity index (χ2v) is 19.9. The van der Waals surface area contributed by atoms with Crippen molar-refractivity contribution in [2.45, 2.75) is 85.0 Å². The SMILES string of the molecule is C=CC(=O)Nc1cnc2c(c1)c(C)nn2-c1ccc(OCC(C)CCc2nn(-c3ccc(C(C)(C)CCc4nn(-c5ccc(C(C)CC)cc5)c5ncc(NC(=O)C=C)cc45)cc3)c3ncc(NC(=O)C=C)cc23)cc1. The summed E-state index contributed by atoms with van der Waals surface area (Å²) in [5, 5.41) is 26.0. The number of hydrogen-bond donors (Lipinski definition) is 3. The van der Waals surface area contributed by atoms with Crippen molar-refractivity contribution in [2.75, 3.05) is 22.6 Å². The quantitative estimate of drug-likeness (QED) is 0.0584. The minimum absolute atomic E-state index is 0.167. The highest BCUT2D eigenvalue weighted by Crippen LogP contribution is 2.34. The molecule has 0 aliphatic rings. The predicted molar refractivity (Wildman–Crippen MR) is 301 cm³/mol. The Morgan fingerprint density at radius 2 is 1.05 bits per heavy atom. The Morgan fingerprint density at radius 3 is 1.54 bits per heavy atom. The molecule has 2 atom stereocenters. The highest BCUT2D eigenvalue weighted by atomic mass is 16.5. The number of benzene rings is 3. The zero-order chi connectivity index (χ0) is 53.7. The number of carbonyl (C=O) groups excluding carboxylic acids is 3. The average Bonchev–Trinajstić information content (AvgIpc) is 4.12. The predicted octanol–water partition coefficient (Wildman–Crippen LogP) is 11.6. The molecule has 0 saturated heterocycles. The van der Waals surface area contributed by atoms with E-state index >= 15 is 0 Å². The van der Waals surface area contributed by atoms with Gasteiger partial charge in [0.2, 0.25) is 17.7 Å². The van der Waals surface area contributed by atoms with Crippen LogP contribution in [0.3, 0.4) is 0 Å². The number of rotatable bonds is 21. The molecule has 0 bridgehead atoms. The van der Waals surface area contributed by atoms with Gasteiger partial charge in [0.05, 0.1) is 76.4 Å². The molecule has 9 rings (SSSR count). The molecular weight excluding hydrogens is 953 g/mol. The third-order valence-electron chi connectivity index (χ3n) is 14.0. The molecule has 3 N–H and O–H groups in total. The molecule has 0 radical (unpaired) electrons. The Bertz CT molecular complexity index is 3640. The van der Waals surface area contributed by atoms with Crippen LogP contribution < -0.4 is 20.7 Å². The van der Waals surface area contributed by atoms with Crippen molar-refractivity contribution in [1.82, 2.24) is 44.3 Å². The van der Waals surface area contributed by atoms with Crippen LogP contribution in [0.2, 0.25) is 0 Å². The summed E-state index contributed by atoms with van der Waals surface area (Å²) in [6.45, 7) is 24.1. The number of nitrogens with one attached hydrogen (secondary N) is 3. The fourth-order valence-corrected chi connectivity index (χ4v) is 9.16. The highest BCUT2D eigenvalue weighted by molar-refractivity contribution is 6.01. The highest BCUT2D eigenvalue weighted by Gasteiger charge is 2.25. The van der Waals surface area contributed by atoms with Crippen molar-refractivity contribution < 1.29 is 19.1 Å². The number of anilines is 3. The summed E-state index contributed by atoms with van der Waals surface area (Å²) >= 11 is 0. The zero-order valence-electron chi connectivity index (χ0n) is 43.8. The molecule has 0 spiro atoms. The van der Waals surface area contributed by atoms with E-state index < -0.39 is 0 Å². The number of aromatic nitrogens is 9. The molecular formula is C60H62N12O4. The van der Waals surface area contributed by atoms with Crippen LogP contribution in [-0.4, -0.2) is 68.6 Å². The molecule has 6 heterocycles. The van der Waals surface area contributed by atoms with E-state index in [0.29, 0.717) is 59.4 Å². The molecule has 0 saturated carbocycles. The third-order valence-corrected chi connectivity index (χ3v) is 14.0. The first-order valence-electron chi connectivity index (χ1n) is 25.5. The Labute approximate surface area is 441 Å². The maximum absolute atomic E-state index is 12.3. The van der Waals surface area contributed by atoms with E-state index in [2.05, 4.69) is 124 Å². The molecule has 2 unspecified atom stereocenters. The fraction of sp³-hybridized carbons (Fsp3) is 0.250. The minimum Gasteiger partial charge on any atom is -0.493 e. The monoisotopic (exact) mass is 1010 g/mol. The van der Waals surface area contributed by atoms with E-state index in [1.165, 1.54) is 23.8 Å². The number of amides is 3. The normalized spacial score (nSPS) is 12.3. The van der Waals surface area contributed by atoms with Gasteiger partial charge in [0.1, 0.15) is 5.75 Å². The molecule has 6 aromatic heterocycles. The fourth-order valence-electron chi connectivity index (χ4n) is 9.16. The molecule has 0 aliphatic heterocycles. The minimum atomic E-state index is -0.326. The number of pyridine rings is 3. The van der Waals surface area contributed by atoms with E-state index in [9.17, 15) is 14.4 Å². The summed E-state index contributed by atoms with van der Waals surface area (Å²) in [7, 11) is 0. The van der Waals surface area contributed by atoms with Crippen LogP contribution in [0, 0.1) is 12.8 Å². The van der Waals surface area contributed by atoms with Gasteiger partial charge in [0.25, 0.3) is 0 Å². The summed E-state index contributed by atoms with van der Waals surface area (Å²) in [4.78, 5) is 50.7. The van der Waals surface area contributed by atoms with Crippen LogP contribution >= 0.6 is 0 Å². The maximum atomic E-state index is 12.3. The Morgan fingerprint density at radius 1 is 0.618 bits per heavy atom. The zero-order valence-corrected chi connectivity index (χ0v) is 43.8. The van der Waals surface area contributed by atoms with Crippen molar-refractivity contribution in [2.24, 2.45) is 5.92 Å². The smallest absolute Gasteiger partial charge is 0.247 e. The Balaban J connectivity index is 0.895. The maximum Gasteiger partial charge on any atom is 0.247 e. The number of fused-ring (bicyclic) bond motifs is 3. The second-order valence-electron chi connectivity index (χ2n) is 19.9. The van der Waals surface area contributed by atoms with E-state index in [1.54, 1.807) is 23.3 Å². The number of nitrogens with zero attached hydrogens (tertiary/aromatic N) is 9. The lowest BCUT2D eigenvalue weighted by molar-refractivity contribution is -0.112. The topological polar surface area (TPSA) is 189 Å². The van der Waals surface area contributed by atoms with E-state index in [1.807, 2.05) is 58.8 Å². The summed E-state index contributed by atoms with van der Waals surface area (Å²) in [5.74, 6) is 0.403. The first kappa shape index (κ1) is 51.8. The molecule has 76 heavy (non-hydrogen) atoms. The first-order chi connectivity index (χ1) is 36.6. The van der Waals surface area contributed by atoms with Crippen LogP contribution in [0.25, 0.3) is 50.2 Å². The van der Waals surface area contributed by atoms with Gasteiger partial charge in [-0.25, -0.2) is 29.0 Å². The van der Waals surface area contributed by atoms with Gasteiger partial charge >= 0.3 is 0 Å². The lowest BCUT2D eigenvalue weighted by Crippen LogP contribution is -2.18. The van der Waals surface area contributed by atoms with Crippen molar-refractivity contribution in [3.63, 3.8) is 0 Å². The van der Waals surface area contributed by atoms with Crippen molar-refractivity contribution in [1.29, 1.82) is 0 Å². The average molecular weight is 1020 g/mol. The van der Waals surface area contributed by atoms with Gasteiger partial charge in [0.15, 0.2) is 16.9 Å². The molecule has 3 aromatic carbocycles. The van der Waals surface area contributed by atoms with Crippen molar-refractivity contribution >= 4 is 67.9 Å². The summed E-state index contributed by atoms with van der Waals surface area (Å²) in [6.07, 6.45) is 12.5. The molecule has 0 fully saturated rings. The van der Waals surface area contributed by atoms with Crippen LogP contribution in [0.1, 0.15) is 88.0 Å². The molecule has 16 heteroatoms. The molecule has 0 aliphatic carbocycles. The first-order valence-corrected chi connectivity index (χ1v) is 25.5. The van der Waals surface area contributed by atoms with Gasteiger partial charge in [-0.1, -0.05) is 78.6 Å². The van der Waals surface area contributed by atoms with Crippen molar-refractivity contribution in [3.05, 3.63) is 176 Å². The van der Waals surface area contributed by atoms with Gasteiger partial charge in [0, 0.05) is 16.2 Å². The number of aryl methyl sites for hydroxylation is 3. The largest absolute Gasteiger partial charge is 0.493 e. The second kappa shape index (κ2) is 22.2. The van der Waals surface area contributed by atoms with Crippen LogP contribution in [-0.2, 0) is 32.6 Å². The lowest BCUT2D eigenvalue weighted by Gasteiger charge is -2.25. The van der Waals surface area contributed by atoms with Crippen LogP contribution in [0.5, 0.6) is 5.75 Å². The van der Waals surface area contributed by atoms with Crippen LogP contribution in [0.4, 0.5) is 17.1 Å². The van der Waals surface area contributed by atoms with Gasteiger partial charge in [-0.3, -0.25) is 14.4 Å². The Kier molecular flexibility index (Phi) is 15.1. The standard InChI is InChI=1S/C60H62N12O4/c1-10-38(6)40-15-19-45(20-16-40)71-59-51(32-44(35-63-59)66-56(75)13-4)53(69-71)28-29-60(8,9)41-17-21-46(22-18-41)72-58-50(31-43(34-62-58)65-55(74)12-3)52(68-72)27-14-37(5)36-76-48-25-23-47(24-26-48)70-57-49(39(7)67-70)30-42(33-61-57)64-54(73)11-2/h11-13,15-26,30-35,37-38H,2-4,10,14,27-29,36H2,1,5-9H3,(H,64,73)(H,65,74)(H,66,75). The summed E-state index contributed by atoms with van der Waals surface area (Å²) < 4.78 is 11.8. The molecule has 9 aromatic rings. The third kappa shape index (κ3) is 11.2. The van der Waals surface area contributed by atoms with E-state index in [-0.39, 0.29) is 29.1 Å². The molecule has 386 valence electrons. The van der Waals surface area contributed by atoms with E-state index in [0.717, 1.165) is 80.9 Å². The van der Waals surface area contributed by atoms with Gasteiger partial charge in [-0.05, 0) is 152 Å². The van der Waals surface area contributed by atoms with Crippen molar-refractivity contribution in [3.8, 4) is 22.8 Å². The summed E-state index contributed by atoms with van der Waals surface area (Å²) in [6, 6.07) is 30.4. The van der Waals surface area contributed by atoms with E-state index in [4.69, 9.17) is 30.0 Å². The van der Waals surface area contributed by atoms with Gasteiger partial charge in [-0.2, -0.15) is 15.3 Å². The van der Waals surface area contributed by atoms with Crippen LogP contribution in [0.15, 0.2) is 148 Å². The lowest BCUT2D eigenvalue weighted by atomic mass is 9.80. The number of ether oxygens (including phenoxy) is 1. The Hall–Kier alpha value is -9.05. The number of hydrogen-bond acceptors (Lipinski definition) is 10. The van der Waals surface area contributed by atoms with Gasteiger partial charge < -0.3 is 20.7 Å². The number of carbonyl (C=O) groups is 3. The molecule has 16 nitrogen and oxygen atoms in total.